The molecule has 14 heteroatoms. The minimum Gasteiger partial charge on any atom is -0.490 e. The number of ether oxygens (including phenoxy) is 1. The second kappa shape index (κ2) is 10.6. The number of amides is 1. The Morgan fingerprint density at radius 1 is 1.34 bits per heavy atom. The van der Waals surface area contributed by atoms with Gasteiger partial charge in [0.25, 0.3) is 0 Å². The first-order valence-corrected chi connectivity index (χ1v) is 14.6. The molecule has 0 saturated carbocycles. The molecule has 5 heterocycles. The molecule has 3 unspecified atom stereocenters. The summed E-state index contributed by atoms with van der Waals surface area (Å²) in [6.07, 6.45) is 3.33. The van der Waals surface area contributed by atoms with Gasteiger partial charge in [-0.25, -0.2) is 13.8 Å². The number of likely N-dealkylation sites (tertiary alicyclic amines) is 1. The van der Waals surface area contributed by atoms with E-state index in [0.717, 1.165) is 21.0 Å². The minimum atomic E-state index is -0.990. The molecule has 224 valence electrons. The molecule has 0 radical (unpaired) electrons. The van der Waals surface area contributed by atoms with Crippen LogP contribution in [0.5, 0.6) is 5.75 Å². The van der Waals surface area contributed by atoms with Crippen LogP contribution < -0.4 is 4.74 Å². The molecule has 4 atom stereocenters. The van der Waals surface area contributed by atoms with E-state index in [0.29, 0.717) is 36.1 Å². The molecule has 3 aliphatic heterocycles. The van der Waals surface area contributed by atoms with E-state index in [1.165, 1.54) is 17.3 Å². The summed E-state index contributed by atoms with van der Waals surface area (Å²) in [4.78, 5) is 17.2. The number of carbonyl (C=O) groups excluding carboxylic acids is 1. The van der Waals surface area contributed by atoms with E-state index >= 15 is 4.39 Å². The number of halogens is 2. The van der Waals surface area contributed by atoms with Gasteiger partial charge in [-0.2, -0.15) is 15.6 Å². The molecular weight excluding hydrogens is 589 g/mol. The van der Waals surface area contributed by atoms with Gasteiger partial charge in [-0.3, -0.25) is 10.00 Å². The van der Waals surface area contributed by atoms with Gasteiger partial charge < -0.3 is 14.7 Å². The number of aliphatic hydroxyl groups excluding tert-OH is 1. The van der Waals surface area contributed by atoms with Gasteiger partial charge in [0.05, 0.1) is 40.9 Å². The number of aliphatic hydroxyl groups is 1. The van der Waals surface area contributed by atoms with E-state index in [1.54, 1.807) is 6.20 Å². The highest BCUT2D eigenvalue weighted by Gasteiger charge is 2.60. The van der Waals surface area contributed by atoms with Crippen molar-refractivity contribution < 1.29 is 19.0 Å². The first-order chi connectivity index (χ1) is 21.3. The number of hydrogen-bond donors (Lipinski definition) is 2. The molecule has 2 aromatic heterocycles. The second-order valence-electron chi connectivity index (χ2n) is 11.7. The first-order valence-electron chi connectivity index (χ1n) is 14.3. The van der Waals surface area contributed by atoms with Crippen LogP contribution in [-0.2, 0) is 6.54 Å². The SMILES string of the molecule is Cc1ccc2[nH]ncc2c1-c1c(F)cc2c(c1Cl)OC[C@H]1CCC3(CC(CC#N)N3C(=O)n3cnnc3C#N)C(O)CN1C2. The zero-order valence-corrected chi connectivity index (χ0v) is 24.4. The summed E-state index contributed by atoms with van der Waals surface area (Å²) in [6.45, 7) is 2.59. The van der Waals surface area contributed by atoms with Crippen LogP contribution in [0.15, 0.2) is 30.7 Å². The third-order valence-corrected chi connectivity index (χ3v) is 9.76. The smallest absolute Gasteiger partial charge is 0.332 e. The Bertz CT molecular complexity index is 1890. The quantitative estimate of drug-likeness (QED) is 0.341. The van der Waals surface area contributed by atoms with Crippen molar-refractivity contribution in [2.45, 2.75) is 62.9 Å². The highest BCUT2D eigenvalue weighted by Crippen LogP contribution is 2.49. The van der Waals surface area contributed by atoms with Crippen molar-refractivity contribution in [3.05, 3.63) is 58.5 Å². The summed E-state index contributed by atoms with van der Waals surface area (Å²) in [6, 6.07) is 8.06. The average Bonchev–Trinajstić information content (AvgIpc) is 3.60. The van der Waals surface area contributed by atoms with Crippen molar-refractivity contribution in [2.24, 2.45) is 0 Å². The topological polar surface area (TPSA) is 160 Å². The third kappa shape index (κ3) is 4.15. The number of nitriles is 2. The van der Waals surface area contributed by atoms with Gasteiger partial charge in [-0.1, -0.05) is 17.7 Å². The first kappa shape index (κ1) is 28.2. The highest BCUT2D eigenvalue weighted by molar-refractivity contribution is 6.35. The number of aromatic nitrogens is 5. The Labute approximate surface area is 256 Å². The molecule has 2 N–H and O–H groups in total. The summed E-state index contributed by atoms with van der Waals surface area (Å²) in [5, 5.41) is 45.9. The number of aromatic amines is 1. The largest absolute Gasteiger partial charge is 0.490 e. The van der Waals surface area contributed by atoms with E-state index in [1.807, 2.05) is 30.0 Å². The maximum absolute atomic E-state index is 15.9. The summed E-state index contributed by atoms with van der Waals surface area (Å²) < 4.78 is 23.3. The number of nitrogens with zero attached hydrogens (tertiary/aromatic N) is 8. The molecule has 0 aliphatic carbocycles. The van der Waals surface area contributed by atoms with Crippen molar-refractivity contribution in [3.8, 4) is 29.0 Å². The molecule has 2 saturated heterocycles. The zero-order valence-electron chi connectivity index (χ0n) is 23.7. The Balaban J connectivity index is 1.21. The van der Waals surface area contributed by atoms with E-state index in [4.69, 9.17) is 16.3 Å². The third-order valence-electron chi connectivity index (χ3n) is 9.40. The predicted molar refractivity (Wildman–Crippen MR) is 155 cm³/mol. The standard InChI is InChI=1S/C30H27ClFN9O3/c1-16-2-3-22-20(11-35-37-22)25(16)26-21(32)8-17-12-39-13-23(42)30(6-4-19(39)14-44-28(17)27(26)31)9-18(5-7-33)41(30)29(43)40-15-36-38-24(40)10-34/h2-3,8,11,15,18-19,23,42H,4-6,9,12-14H2,1H3,(H,35,37)/t18?,19-,23?,30?/m1/s1. The average molecular weight is 616 g/mol. The summed E-state index contributed by atoms with van der Waals surface area (Å²) in [5.41, 5.74) is 2.11. The Morgan fingerprint density at radius 3 is 2.98 bits per heavy atom. The van der Waals surface area contributed by atoms with Gasteiger partial charge in [0.15, 0.2) is 0 Å². The van der Waals surface area contributed by atoms with Crippen LogP contribution in [0, 0.1) is 35.4 Å². The number of nitrogens with one attached hydrogen (secondary N) is 1. The summed E-state index contributed by atoms with van der Waals surface area (Å²) >= 11 is 6.92. The number of aryl methyl sites for hydroxylation is 1. The molecule has 7 rings (SSSR count). The lowest BCUT2D eigenvalue weighted by molar-refractivity contribution is -0.113. The van der Waals surface area contributed by atoms with Crippen molar-refractivity contribution in [2.75, 3.05) is 13.2 Å². The molecule has 0 bridgehead atoms. The van der Waals surface area contributed by atoms with Gasteiger partial charge in [0.2, 0.25) is 5.82 Å². The fourth-order valence-electron chi connectivity index (χ4n) is 7.25. The number of rotatable bonds is 2. The summed E-state index contributed by atoms with van der Waals surface area (Å²) in [5.74, 6) is -0.254. The Hall–Kier alpha value is -4.56. The molecule has 3 aliphatic rings. The predicted octanol–water partition coefficient (Wildman–Crippen LogP) is 3.91. The van der Waals surface area contributed by atoms with E-state index in [9.17, 15) is 20.4 Å². The maximum atomic E-state index is 15.9. The Kier molecular flexibility index (Phi) is 6.77. The van der Waals surface area contributed by atoms with Crippen LogP contribution >= 0.6 is 11.6 Å². The van der Waals surface area contributed by atoms with Crippen molar-refractivity contribution in [1.29, 1.82) is 10.5 Å². The molecule has 1 spiro atoms. The molecule has 2 fully saturated rings. The molecule has 4 aromatic rings. The van der Waals surface area contributed by atoms with Gasteiger partial charge in [0.1, 0.15) is 30.6 Å². The van der Waals surface area contributed by atoms with Gasteiger partial charge in [-0.05, 0) is 43.9 Å². The van der Waals surface area contributed by atoms with Crippen molar-refractivity contribution in [3.63, 3.8) is 0 Å². The van der Waals surface area contributed by atoms with Crippen LogP contribution in [0.4, 0.5) is 9.18 Å². The number of H-pyrrole nitrogens is 1. The molecule has 12 nitrogen and oxygen atoms in total. The van der Waals surface area contributed by atoms with Gasteiger partial charge >= 0.3 is 6.03 Å². The fourth-order valence-corrected chi connectivity index (χ4v) is 7.61. The molecular formula is C30H27ClFN9O3. The maximum Gasteiger partial charge on any atom is 0.332 e. The number of benzene rings is 2. The summed E-state index contributed by atoms with van der Waals surface area (Å²) in [7, 11) is 0. The van der Waals surface area contributed by atoms with E-state index in [-0.39, 0.29) is 48.6 Å². The fraction of sp³-hybridized carbons (Fsp3) is 0.400. The number of fused-ring (bicyclic) bond motifs is 3. The van der Waals surface area contributed by atoms with E-state index < -0.39 is 29.5 Å². The Morgan fingerprint density at radius 2 is 2.18 bits per heavy atom. The lowest BCUT2D eigenvalue weighted by atomic mass is 9.70. The van der Waals surface area contributed by atoms with Crippen molar-refractivity contribution in [1.82, 2.24) is 34.8 Å². The van der Waals surface area contributed by atoms with Crippen LogP contribution in [0.3, 0.4) is 0 Å². The number of hydrogen-bond acceptors (Lipinski definition) is 9. The number of carbonyl (C=O) groups is 1. The van der Waals surface area contributed by atoms with Crippen LogP contribution in [0.25, 0.3) is 22.0 Å². The lowest BCUT2D eigenvalue weighted by Crippen LogP contribution is -2.73. The van der Waals surface area contributed by atoms with Gasteiger partial charge in [0, 0.05) is 47.2 Å². The normalized spacial score (nSPS) is 24.8. The van der Waals surface area contributed by atoms with Crippen LogP contribution in [-0.4, -0.2) is 82.8 Å². The second-order valence-corrected chi connectivity index (χ2v) is 12.1. The van der Waals surface area contributed by atoms with Crippen molar-refractivity contribution >= 4 is 28.5 Å². The minimum absolute atomic E-state index is 0.0833. The van der Waals surface area contributed by atoms with E-state index in [2.05, 4.69) is 26.5 Å². The highest BCUT2D eigenvalue weighted by atomic mass is 35.5. The molecule has 44 heavy (non-hydrogen) atoms. The van der Waals surface area contributed by atoms with Gasteiger partial charge in [-0.15, -0.1) is 10.2 Å². The molecule has 2 aromatic carbocycles. The molecule has 1 amide bonds. The lowest BCUT2D eigenvalue weighted by Gasteiger charge is -2.59. The van der Waals surface area contributed by atoms with Crippen LogP contribution in [0.2, 0.25) is 5.02 Å². The monoisotopic (exact) mass is 615 g/mol. The van der Waals surface area contributed by atoms with Crippen LogP contribution in [0.1, 0.15) is 42.6 Å². The zero-order chi connectivity index (χ0) is 30.7.